The summed E-state index contributed by atoms with van der Waals surface area (Å²) in [5.41, 5.74) is 0. The lowest BCUT2D eigenvalue weighted by atomic mass is 10.3. The van der Waals surface area contributed by atoms with Gasteiger partial charge in [-0.15, -0.1) is 0 Å². The molecule has 1 rings (SSSR count). The zero-order valence-electron chi connectivity index (χ0n) is 12.2. The SMILES string of the molecule is CCOCCN(CC)S(=O)(=O)CCCCNC1CC1. The van der Waals surface area contributed by atoms with Gasteiger partial charge in [0.05, 0.1) is 12.4 Å². The highest BCUT2D eigenvalue weighted by molar-refractivity contribution is 7.89. The summed E-state index contributed by atoms with van der Waals surface area (Å²) in [6.45, 7) is 6.82. The number of nitrogens with one attached hydrogen (secondary N) is 1. The van der Waals surface area contributed by atoms with Crippen molar-refractivity contribution < 1.29 is 13.2 Å². The van der Waals surface area contributed by atoms with E-state index in [9.17, 15) is 8.42 Å². The lowest BCUT2D eigenvalue weighted by molar-refractivity contribution is 0.135. The van der Waals surface area contributed by atoms with Crippen LogP contribution in [0.3, 0.4) is 0 Å². The Morgan fingerprint density at radius 1 is 1.26 bits per heavy atom. The topological polar surface area (TPSA) is 58.6 Å². The first-order valence-corrected chi connectivity index (χ1v) is 9.00. The molecule has 19 heavy (non-hydrogen) atoms. The van der Waals surface area contributed by atoms with Crippen molar-refractivity contribution in [1.29, 1.82) is 0 Å². The van der Waals surface area contributed by atoms with Crippen LogP contribution in [0.2, 0.25) is 0 Å². The first kappa shape index (κ1) is 16.9. The first-order valence-electron chi connectivity index (χ1n) is 7.39. The second-order valence-corrected chi connectivity index (χ2v) is 7.03. The third-order valence-corrected chi connectivity index (χ3v) is 5.31. The third kappa shape index (κ3) is 7.25. The number of likely N-dealkylation sites (N-methyl/N-ethyl adjacent to an activating group) is 1. The lowest BCUT2D eigenvalue weighted by Gasteiger charge is -2.20. The van der Waals surface area contributed by atoms with Crippen LogP contribution >= 0.6 is 0 Å². The Labute approximate surface area is 117 Å². The molecule has 0 aliphatic heterocycles. The van der Waals surface area contributed by atoms with E-state index in [2.05, 4.69) is 5.32 Å². The number of nitrogens with zero attached hydrogens (tertiary/aromatic N) is 1. The van der Waals surface area contributed by atoms with Gasteiger partial charge in [0.15, 0.2) is 0 Å². The van der Waals surface area contributed by atoms with Crippen molar-refractivity contribution in [3.8, 4) is 0 Å². The molecule has 0 heterocycles. The van der Waals surface area contributed by atoms with Crippen molar-refractivity contribution in [2.75, 3.05) is 38.6 Å². The smallest absolute Gasteiger partial charge is 0.214 e. The van der Waals surface area contributed by atoms with E-state index in [0.29, 0.717) is 32.3 Å². The predicted octanol–water partition coefficient (Wildman–Crippen LogP) is 1.21. The van der Waals surface area contributed by atoms with E-state index >= 15 is 0 Å². The Hall–Kier alpha value is -0.170. The van der Waals surface area contributed by atoms with Gasteiger partial charge in [-0.3, -0.25) is 0 Å². The van der Waals surface area contributed by atoms with Crippen molar-refractivity contribution in [3.63, 3.8) is 0 Å². The van der Waals surface area contributed by atoms with Gasteiger partial charge in [0.1, 0.15) is 0 Å². The molecule has 0 atom stereocenters. The average Bonchev–Trinajstić information content (AvgIpc) is 3.18. The molecule has 0 spiro atoms. The predicted molar refractivity (Wildman–Crippen MR) is 77.8 cm³/mol. The molecule has 0 saturated heterocycles. The van der Waals surface area contributed by atoms with Crippen LogP contribution in [-0.4, -0.2) is 57.4 Å². The van der Waals surface area contributed by atoms with Gasteiger partial charge in [-0.2, -0.15) is 4.31 Å². The highest BCUT2D eigenvalue weighted by Gasteiger charge is 2.21. The summed E-state index contributed by atoms with van der Waals surface area (Å²) in [6, 6.07) is 0.704. The van der Waals surface area contributed by atoms with Crippen LogP contribution in [0.15, 0.2) is 0 Å². The minimum absolute atomic E-state index is 0.249. The normalized spacial score (nSPS) is 16.2. The third-order valence-electron chi connectivity index (χ3n) is 3.27. The van der Waals surface area contributed by atoms with Crippen LogP contribution in [0.1, 0.15) is 39.5 Å². The molecule has 1 saturated carbocycles. The second kappa shape index (κ2) is 8.89. The summed E-state index contributed by atoms with van der Waals surface area (Å²) in [6.07, 6.45) is 4.21. The Morgan fingerprint density at radius 3 is 2.58 bits per heavy atom. The minimum Gasteiger partial charge on any atom is -0.380 e. The maximum Gasteiger partial charge on any atom is 0.214 e. The number of hydrogen-bond donors (Lipinski definition) is 1. The largest absolute Gasteiger partial charge is 0.380 e. The van der Waals surface area contributed by atoms with E-state index in [1.807, 2.05) is 13.8 Å². The van der Waals surface area contributed by atoms with E-state index in [1.165, 1.54) is 17.1 Å². The fourth-order valence-corrected chi connectivity index (χ4v) is 3.51. The molecule has 0 bridgehead atoms. The van der Waals surface area contributed by atoms with Gasteiger partial charge in [-0.05, 0) is 39.2 Å². The van der Waals surface area contributed by atoms with E-state index in [-0.39, 0.29) is 5.75 Å². The van der Waals surface area contributed by atoms with Gasteiger partial charge in [-0.1, -0.05) is 6.92 Å². The Kier molecular flexibility index (Phi) is 7.90. The number of hydrogen-bond acceptors (Lipinski definition) is 4. The van der Waals surface area contributed by atoms with Crippen molar-refractivity contribution >= 4 is 10.0 Å². The van der Waals surface area contributed by atoms with E-state index in [1.54, 1.807) is 0 Å². The first-order chi connectivity index (χ1) is 9.10. The minimum atomic E-state index is -3.11. The highest BCUT2D eigenvalue weighted by Crippen LogP contribution is 2.18. The maximum atomic E-state index is 12.1. The van der Waals surface area contributed by atoms with Crippen molar-refractivity contribution in [2.45, 2.75) is 45.6 Å². The standard InChI is InChI=1S/C13H28N2O3S/c1-3-15(10-11-18-4-2)19(16,17)12-6-5-9-14-13-7-8-13/h13-14H,3-12H2,1-2H3. The highest BCUT2D eigenvalue weighted by atomic mass is 32.2. The quantitative estimate of drug-likeness (QED) is 0.549. The van der Waals surface area contributed by atoms with Crippen LogP contribution < -0.4 is 5.32 Å². The molecule has 0 radical (unpaired) electrons. The monoisotopic (exact) mass is 292 g/mol. The van der Waals surface area contributed by atoms with E-state index < -0.39 is 10.0 Å². The van der Waals surface area contributed by atoms with Gasteiger partial charge in [0, 0.05) is 25.7 Å². The summed E-state index contributed by atoms with van der Waals surface area (Å²) in [5, 5.41) is 3.40. The van der Waals surface area contributed by atoms with Gasteiger partial charge in [0.2, 0.25) is 10.0 Å². The van der Waals surface area contributed by atoms with E-state index in [4.69, 9.17) is 4.74 Å². The fourth-order valence-electron chi connectivity index (χ4n) is 1.94. The number of sulfonamides is 1. The van der Waals surface area contributed by atoms with Crippen LogP contribution in [0, 0.1) is 0 Å². The second-order valence-electron chi connectivity index (χ2n) is 4.94. The summed E-state index contributed by atoms with van der Waals surface area (Å²) in [5.74, 6) is 0.249. The summed E-state index contributed by atoms with van der Waals surface area (Å²) in [4.78, 5) is 0. The molecular weight excluding hydrogens is 264 g/mol. The number of unbranched alkanes of at least 4 members (excludes halogenated alkanes) is 1. The molecule has 1 aliphatic carbocycles. The van der Waals surface area contributed by atoms with Crippen LogP contribution in [-0.2, 0) is 14.8 Å². The number of ether oxygens (including phenoxy) is 1. The summed E-state index contributed by atoms with van der Waals surface area (Å²) < 4.78 is 31.0. The van der Waals surface area contributed by atoms with Gasteiger partial charge < -0.3 is 10.1 Å². The van der Waals surface area contributed by atoms with Gasteiger partial charge >= 0.3 is 0 Å². The molecule has 1 aliphatic rings. The molecule has 0 aromatic heterocycles. The van der Waals surface area contributed by atoms with Crippen LogP contribution in [0.4, 0.5) is 0 Å². The molecule has 1 fully saturated rings. The number of rotatable bonds is 12. The van der Waals surface area contributed by atoms with Gasteiger partial charge in [0.25, 0.3) is 0 Å². The molecule has 0 unspecified atom stereocenters. The maximum absolute atomic E-state index is 12.1. The molecule has 1 N–H and O–H groups in total. The van der Waals surface area contributed by atoms with E-state index in [0.717, 1.165) is 19.4 Å². The molecule has 0 amide bonds. The Bertz CT molecular complexity index is 329. The van der Waals surface area contributed by atoms with Crippen LogP contribution in [0.25, 0.3) is 0 Å². The molecule has 114 valence electrons. The molecule has 6 heteroatoms. The summed E-state index contributed by atoms with van der Waals surface area (Å²) >= 11 is 0. The van der Waals surface area contributed by atoms with Gasteiger partial charge in [-0.25, -0.2) is 8.42 Å². The molecular formula is C13H28N2O3S. The molecule has 0 aromatic rings. The lowest BCUT2D eigenvalue weighted by Crippen LogP contribution is -2.35. The van der Waals surface area contributed by atoms with Crippen molar-refractivity contribution in [3.05, 3.63) is 0 Å². The average molecular weight is 292 g/mol. The fraction of sp³-hybridized carbons (Fsp3) is 1.00. The Balaban J connectivity index is 2.18. The summed E-state index contributed by atoms with van der Waals surface area (Å²) in [7, 11) is -3.11. The molecule has 5 nitrogen and oxygen atoms in total. The van der Waals surface area contributed by atoms with Crippen molar-refractivity contribution in [2.24, 2.45) is 0 Å². The Morgan fingerprint density at radius 2 is 2.00 bits per heavy atom. The molecule has 0 aromatic carbocycles. The zero-order chi connectivity index (χ0) is 14.1. The van der Waals surface area contributed by atoms with Crippen molar-refractivity contribution in [1.82, 2.24) is 9.62 Å². The zero-order valence-corrected chi connectivity index (χ0v) is 13.0. The van der Waals surface area contributed by atoms with Crippen LogP contribution in [0.5, 0.6) is 0 Å².